The third kappa shape index (κ3) is 23.0. The van der Waals surface area contributed by atoms with Gasteiger partial charge in [-0.3, -0.25) is 9.80 Å². The Morgan fingerprint density at radius 1 is 0.397 bits per heavy atom. The minimum atomic E-state index is -3.57. The number of sulfone groups is 4. The molecule has 6 heterocycles. The Bertz CT molecular complexity index is 6370. The Morgan fingerprint density at radius 3 is 1.03 bits per heavy atom. The molecule has 1 saturated carbocycles. The molecule has 1 aliphatic carbocycles. The molecule has 2 aliphatic heterocycles. The number of hydrogen-bond donors (Lipinski definition) is 0. The summed E-state index contributed by atoms with van der Waals surface area (Å²) in [5.41, 5.74) is 4.08. The van der Waals surface area contributed by atoms with Crippen LogP contribution in [0.15, 0.2) is 170 Å². The average Bonchev–Trinajstić information content (AvgIpc) is 1.60. The van der Waals surface area contributed by atoms with Crippen LogP contribution in [0.3, 0.4) is 0 Å². The minimum absolute atomic E-state index is 0.0570. The predicted molar refractivity (Wildman–Crippen MR) is 465 cm³/mol. The van der Waals surface area contributed by atoms with E-state index in [2.05, 4.69) is 87.7 Å². The third-order valence-corrected chi connectivity index (χ3v) is 29.4. The van der Waals surface area contributed by atoms with Crippen molar-refractivity contribution in [1.82, 2.24) is 69.8 Å². The van der Waals surface area contributed by atoms with Crippen molar-refractivity contribution in [3.05, 3.63) is 245 Å². The van der Waals surface area contributed by atoms with Gasteiger partial charge >= 0.3 is 0 Å². The van der Waals surface area contributed by atoms with Gasteiger partial charge in [-0.05, 0) is 147 Å². The number of benzene rings is 8. The SMILES string of the molecule is CC(C)S(=O)(=O)Cc1ccc(F)c(-n2cc(-c3cccc(N4CCN(C(C)(C)C)CC4)c3)nn2)c1F.CCCS(=O)(=O)Cc1ccc(F)c(-n2cc(-c3cccc(F)c3)nn2)c1F.CCCS(=O)(=O)Cc1ccc(F)c(-n2cc(-c3cccc(N4CCN(C5CC5)CC4)c3)nn2)c1F.COc1cccc(-c2cn(-c3c(F)ccc(CS(=O)(=O)C(C)C)c3F)nn2)c1. The van der Waals surface area contributed by atoms with E-state index in [4.69, 9.17) is 4.74 Å². The Balaban J connectivity index is 0.000000154. The van der Waals surface area contributed by atoms with Crippen LogP contribution >= 0.6 is 0 Å². The second-order valence-electron chi connectivity index (χ2n) is 32.3. The highest BCUT2D eigenvalue weighted by molar-refractivity contribution is 7.91. The minimum Gasteiger partial charge on any atom is -0.497 e. The van der Waals surface area contributed by atoms with E-state index < -0.39 is 148 Å². The molecule has 0 unspecified atom stereocenters. The van der Waals surface area contributed by atoms with Gasteiger partial charge < -0.3 is 14.5 Å². The molecule has 3 fully saturated rings. The summed E-state index contributed by atoms with van der Waals surface area (Å²) in [6.07, 6.45) is 9.00. The smallest absolute Gasteiger partial charge is 0.156 e. The first kappa shape index (κ1) is 94.0. The van der Waals surface area contributed by atoms with Gasteiger partial charge in [0, 0.05) is 120 Å². The lowest BCUT2D eigenvalue weighted by Gasteiger charge is -2.43. The monoisotopic (exact) mass is 1820 g/mol. The summed E-state index contributed by atoms with van der Waals surface area (Å²) in [5, 5.41) is 30.1. The molecule has 0 spiro atoms. The fourth-order valence-electron chi connectivity index (χ4n) is 14.2. The summed E-state index contributed by atoms with van der Waals surface area (Å²) < 4.78 is 238. The quantitative estimate of drug-likeness (QED) is 0.0455. The van der Waals surface area contributed by atoms with Gasteiger partial charge in [0.1, 0.15) is 57.1 Å². The molecule has 0 bridgehead atoms. The number of anilines is 2. The topological polar surface area (TPSA) is 282 Å². The lowest BCUT2D eigenvalue weighted by molar-refractivity contribution is 0.128. The van der Waals surface area contributed by atoms with Crippen molar-refractivity contribution in [1.29, 1.82) is 0 Å². The molecule has 126 heavy (non-hydrogen) atoms. The number of ether oxygens (including phenoxy) is 1. The van der Waals surface area contributed by atoms with Gasteiger partial charge in [0.25, 0.3) is 0 Å². The van der Waals surface area contributed by atoms with Gasteiger partial charge in [0.05, 0.1) is 76.9 Å². The summed E-state index contributed by atoms with van der Waals surface area (Å²) >= 11 is 0. The summed E-state index contributed by atoms with van der Waals surface area (Å²) in [6, 6.07) is 37.7. The maximum atomic E-state index is 15.2. The normalized spacial score (nSPS) is 14.4. The highest BCUT2D eigenvalue weighted by atomic mass is 32.2. The van der Waals surface area contributed by atoms with E-state index >= 15 is 8.78 Å². The molecule has 0 N–H and O–H groups in total. The zero-order valence-corrected chi connectivity index (χ0v) is 74.3. The van der Waals surface area contributed by atoms with Crippen LogP contribution < -0.4 is 14.5 Å². The van der Waals surface area contributed by atoms with Crippen LogP contribution in [0.1, 0.15) is 110 Å². The van der Waals surface area contributed by atoms with Gasteiger partial charge in [-0.25, -0.2) is 91.9 Å². The zero-order valence-electron chi connectivity index (χ0n) is 71.0. The van der Waals surface area contributed by atoms with Crippen LogP contribution in [0.5, 0.6) is 5.75 Å². The molecule has 670 valence electrons. The fraction of sp³-hybridized carbons (Fsp3) is 0.364. The van der Waals surface area contributed by atoms with Gasteiger partial charge in [-0.2, -0.15) is 0 Å². The van der Waals surface area contributed by atoms with Crippen molar-refractivity contribution in [2.24, 2.45) is 0 Å². The van der Waals surface area contributed by atoms with Gasteiger partial charge in [-0.1, -0.05) is 107 Å². The molecule has 2 saturated heterocycles. The number of nitrogens with zero attached hydrogens (tertiary/aromatic N) is 16. The van der Waals surface area contributed by atoms with Crippen LogP contribution in [0.4, 0.5) is 50.9 Å². The molecule has 0 radical (unpaired) electrons. The average molecular weight is 1820 g/mol. The van der Waals surface area contributed by atoms with Crippen molar-refractivity contribution in [3.8, 4) is 73.5 Å². The Kier molecular flexibility index (Phi) is 29.7. The van der Waals surface area contributed by atoms with Crippen molar-refractivity contribution < 1.29 is 77.9 Å². The second-order valence-corrected chi connectivity index (χ2v) is 41.8. The lowest BCUT2D eigenvalue weighted by Crippen LogP contribution is -2.53. The van der Waals surface area contributed by atoms with E-state index in [1.54, 1.807) is 44.2 Å². The number of halogens is 9. The Hall–Kier alpha value is -11.2. The van der Waals surface area contributed by atoms with Crippen molar-refractivity contribution in [3.63, 3.8) is 0 Å². The second kappa shape index (κ2) is 39.8. The van der Waals surface area contributed by atoms with Gasteiger partial charge in [-0.15, -0.1) is 20.4 Å². The fourth-order valence-corrected chi connectivity index (χ4v) is 19.1. The molecule has 38 heteroatoms. The Labute approximate surface area is 726 Å². The summed E-state index contributed by atoms with van der Waals surface area (Å²) in [4.78, 5) is 9.67. The molecule has 4 aromatic heterocycles. The highest BCUT2D eigenvalue weighted by Crippen LogP contribution is 2.35. The Morgan fingerprint density at radius 2 is 0.714 bits per heavy atom. The van der Waals surface area contributed by atoms with Gasteiger partial charge in [0.15, 0.2) is 85.9 Å². The first-order valence-corrected chi connectivity index (χ1v) is 47.8. The summed E-state index contributed by atoms with van der Waals surface area (Å²) in [5.74, 6) is -9.47. The molecule has 0 atom stereocenters. The molecular weight excluding hydrogens is 1720 g/mol. The number of piperazine rings is 2. The molecule has 15 rings (SSSR count). The summed E-state index contributed by atoms with van der Waals surface area (Å²) in [7, 11) is -12.6. The molecule has 0 amide bonds. The number of methoxy groups -OCH3 is 1. The maximum Gasteiger partial charge on any atom is 0.156 e. The molecule has 8 aromatic carbocycles. The van der Waals surface area contributed by atoms with E-state index in [0.29, 0.717) is 46.8 Å². The molecule has 12 aromatic rings. The first-order chi connectivity index (χ1) is 59.7. The van der Waals surface area contributed by atoms with Crippen LogP contribution in [0.25, 0.3) is 67.8 Å². The van der Waals surface area contributed by atoms with Crippen LogP contribution in [-0.4, -0.2) is 197 Å². The summed E-state index contributed by atoms with van der Waals surface area (Å²) in [6.45, 7) is 23.9. The van der Waals surface area contributed by atoms with Crippen LogP contribution in [0, 0.1) is 52.4 Å². The molecule has 25 nitrogen and oxygen atoms in total. The number of hydrogen-bond acceptors (Lipinski definition) is 21. The van der Waals surface area contributed by atoms with Gasteiger partial charge in [0.2, 0.25) is 0 Å². The third-order valence-electron chi connectivity index (χ3n) is 21.5. The largest absolute Gasteiger partial charge is 0.497 e. The van der Waals surface area contributed by atoms with Crippen LogP contribution in [-0.2, 0) is 62.4 Å². The van der Waals surface area contributed by atoms with Crippen molar-refractivity contribution in [2.45, 2.75) is 133 Å². The molecular formula is C88H97F9N16O9S4. The van der Waals surface area contributed by atoms with E-state index in [1.807, 2.05) is 42.5 Å². The maximum absolute atomic E-state index is 15.2. The van der Waals surface area contributed by atoms with E-state index in [1.165, 1.54) is 96.7 Å². The number of aromatic nitrogens is 12. The zero-order chi connectivity index (χ0) is 90.9. The predicted octanol–water partition coefficient (Wildman–Crippen LogP) is 15.5. The van der Waals surface area contributed by atoms with Crippen molar-refractivity contribution >= 4 is 50.7 Å². The van der Waals surface area contributed by atoms with Crippen LogP contribution in [0.2, 0.25) is 0 Å². The molecule has 3 aliphatic rings. The lowest BCUT2D eigenvalue weighted by atomic mass is 10.0. The van der Waals surface area contributed by atoms with E-state index in [0.717, 1.165) is 142 Å². The van der Waals surface area contributed by atoms with E-state index in [9.17, 15) is 64.4 Å². The first-order valence-electron chi connectivity index (χ1n) is 40.8. The van der Waals surface area contributed by atoms with E-state index in [-0.39, 0.29) is 45.0 Å². The standard InChI is InChI=1S/C26H33F2N5O2S.C25H29F2N5O2S.C19H19F2N3O3S.C18H16F3N3O2S/c1-18(2)36(34,35)17-20-9-10-22(27)25(24(20)28)33-16-23(29-30-33)19-7-6-8-21(15-19)31-11-13-32(14-12-31)26(3,4)5;1-2-14-35(33,34)17-19-6-9-22(26)25(24(19)27)32-16-23(28-29-32)18-4-3-5-21(15-18)31-12-10-30(11-13-31)20-7-8-20;1-12(2)28(25,26)11-14-7-8-16(20)19(18(14)21)24-10-17(22-23-24)13-5-4-6-15(9-13)27-3;1-2-8-27(25,26)11-13-6-7-15(20)18(17(13)21)24-10-16(22-23-24)12-4-3-5-14(19)9-12/h6-10,15-16,18H,11-14,17H2,1-5H3;3-6,9,15-16,20H,2,7-8,10-14,17H2,1H3;4-10,12H,11H2,1-3H3;3-7,9-10H,2,8,11H2,1H3. The highest BCUT2D eigenvalue weighted by Gasteiger charge is 2.34. The number of rotatable bonds is 26. The van der Waals surface area contributed by atoms with Crippen molar-refractivity contribution in [2.75, 3.05) is 80.8 Å².